The fourth-order valence-electron chi connectivity index (χ4n) is 1.11. The SMILES string of the molecule is CC(N)CCC(=O)N(CCO)CCO. The van der Waals surface area contributed by atoms with Crippen LogP contribution in [0.2, 0.25) is 0 Å². The molecule has 1 amide bonds. The van der Waals surface area contributed by atoms with Crippen molar-refractivity contribution >= 4 is 5.91 Å². The van der Waals surface area contributed by atoms with Crippen LogP contribution in [0.5, 0.6) is 0 Å². The van der Waals surface area contributed by atoms with E-state index < -0.39 is 0 Å². The third kappa shape index (κ3) is 5.90. The molecule has 0 aromatic rings. The molecule has 0 aliphatic heterocycles. The molecule has 0 spiro atoms. The van der Waals surface area contributed by atoms with Gasteiger partial charge in [-0.25, -0.2) is 0 Å². The Morgan fingerprint density at radius 2 is 1.86 bits per heavy atom. The number of hydrogen-bond donors (Lipinski definition) is 3. The van der Waals surface area contributed by atoms with Crippen molar-refractivity contribution < 1.29 is 15.0 Å². The number of carbonyl (C=O) groups excluding carboxylic acids is 1. The maximum absolute atomic E-state index is 11.5. The van der Waals surface area contributed by atoms with Gasteiger partial charge in [0, 0.05) is 25.6 Å². The van der Waals surface area contributed by atoms with Crippen LogP contribution in [0.1, 0.15) is 19.8 Å². The zero-order chi connectivity index (χ0) is 11.0. The minimum Gasteiger partial charge on any atom is -0.395 e. The molecular weight excluding hydrogens is 184 g/mol. The second kappa shape index (κ2) is 7.73. The third-order valence-corrected chi connectivity index (χ3v) is 1.91. The zero-order valence-electron chi connectivity index (χ0n) is 8.65. The lowest BCUT2D eigenvalue weighted by molar-refractivity contribution is -0.132. The number of aliphatic hydroxyl groups is 2. The zero-order valence-corrected chi connectivity index (χ0v) is 8.65. The molecule has 0 aromatic heterocycles. The molecule has 0 saturated heterocycles. The normalized spacial score (nSPS) is 12.6. The maximum Gasteiger partial charge on any atom is 0.222 e. The van der Waals surface area contributed by atoms with Gasteiger partial charge in [0.1, 0.15) is 0 Å². The molecule has 0 aliphatic carbocycles. The first-order valence-corrected chi connectivity index (χ1v) is 4.87. The predicted octanol–water partition coefficient (Wildman–Crippen LogP) is -1.07. The topological polar surface area (TPSA) is 86.8 Å². The van der Waals surface area contributed by atoms with Gasteiger partial charge in [0.15, 0.2) is 0 Å². The van der Waals surface area contributed by atoms with E-state index in [9.17, 15) is 4.79 Å². The largest absolute Gasteiger partial charge is 0.395 e. The number of nitrogens with zero attached hydrogens (tertiary/aromatic N) is 1. The number of nitrogens with two attached hydrogens (primary N) is 1. The van der Waals surface area contributed by atoms with Crippen LogP contribution in [0.3, 0.4) is 0 Å². The molecule has 0 rings (SSSR count). The Labute approximate surface area is 84.5 Å². The van der Waals surface area contributed by atoms with Crippen molar-refractivity contribution in [3.63, 3.8) is 0 Å². The Hall–Kier alpha value is -0.650. The second-order valence-corrected chi connectivity index (χ2v) is 3.34. The van der Waals surface area contributed by atoms with Gasteiger partial charge < -0.3 is 20.8 Å². The standard InChI is InChI=1S/C9H20N2O3/c1-8(10)2-3-9(14)11(4-6-12)5-7-13/h8,12-13H,2-7,10H2,1H3. The fraction of sp³-hybridized carbons (Fsp3) is 0.889. The molecule has 0 radical (unpaired) electrons. The first-order chi connectivity index (χ1) is 6.61. The lowest BCUT2D eigenvalue weighted by atomic mass is 10.2. The number of hydrogen-bond acceptors (Lipinski definition) is 4. The summed E-state index contributed by atoms with van der Waals surface area (Å²) >= 11 is 0. The van der Waals surface area contributed by atoms with Gasteiger partial charge in [-0.05, 0) is 13.3 Å². The van der Waals surface area contributed by atoms with Crippen LogP contribution < -0.4 is 5.73 Å². The highest BCUT2D eigenvalue weighted by atomic mass is 16.3. The van der Waals surface area contributed by atoms with Crippen molar-refractivity contribution in [1.29, 1.82) is 0 Å². The van der Waals surface area contributed by atoms with Gasteiger partial charge in [-0.15, -0.1) is 0 Å². The summed E-state index contributed by atoms with van der Waals surface area (Å²) in [6.07, 6.45) is 1.00. The predicted molar refractivity (Wildman–Crippen MR) is 53.6 cm³/mol. The molecule has 0 bridgehead atoms. The third-order valence-electron chi connectivity index (χ3n) is 1.91. The molecule has 0 aromatic carbocycles. The summed E-state index contributed by atoms with van der Waals surface area (Å²) in [7, 11) is 0. The quantitative estimate of drug-likeness (QED) is 0.492. The minimum atomic E-state index is -0.0794. The van der Waals surface area contributed by atoms with Gasteiger partial charge in [0.05, 0.1) is 13.2 Å². The second-order valence-electron chi connectivity index (χ2n) is 3.34. The van der Waals surface area contributed by atoms with Crippen molar-refractivity contribution in [1.82, 2.24) is 4.90 Å². The molecule has 1 atom stereocenters. The first-order valence-electron chi connectivity index (χ1n) is 4.87. The maximum atomic E-state index is 11.5. The molecule has 5 nitrogen and oxygen atoms in total. The lowest BCUT2D eigenvalue weighted by Crippen LogP contribution is -2.36. The molecular formula is C9H20N2O3. The monoisotopic (exact) mass is 204 g/mol. The Kier molecular flexibility index (Phi) is 7.37. The molecule has 84 valence electrons. The van der Waals surface area contributed by atoms with Crippen LogP contribution in [0.4, 0.5) is 0 Å². The van der Waals surface area contributed by atoms with Gasteiger partial charge >= 0.3 is 0 Å². The van der Waals surface area contributed by atoms with Crippen LogP contribution in [0, 0.1) is 0 Å². The Balaban J connectivity index is 3.88. The molecule has 0 fully saturated rings. The lowest BCUT2D eigenvalue weighted by Gasteiger charge is -2.20. The molecule has 0 heterocycles. The summed E-state index contributed by atoms with van der Waals surface area (Å²) < 4.78 is 0. The van der Waals surface area contributed by atoms with Crippen molar-refractivity contribution in [2.75, 3.05) is 26.3 Å². The van der Waals surface area contributed by atoms with E-state index >= 15 is 0 Å². The van der Waals surface area contributed by atoms with Crippen molar-refractivity contribution in [2.24, 2.45) is 5.73 Å². The van der Waals surface area contributed by atoms with Gasteiger partial charge in [-0.3, -0.25) is 4.79 Å². The van der Waals surface area contributed by atoms with E-state index in [1.165, 1.54) is 4.90 Å². The molecule has 5 heteroatoms. The fourth-order valence-corrected chi connectivity index (χ4v) is 1.11. The average Bonchev–Trinajstić information content (AvgIpc) is 2.14. The van der Waals surface area contributed by atoms with Crippen LogP contribution in [-0.4, -0.2) is 53.4 Å². The highest BCUT2D eigenvalue weighted by Gasteiger charge is 2.12. The van der Waals surface area contributed by atoms with Crippen LogP contribution in [0.15, 0.2) is 0 Å². The number of amides is 1. The number of aliphatic hydroxyl groups excluding tert-OH is 2. The number of carbonyl (C=O) groups is 1. The van der Waals surface area contributed by atoms with Crippen LogP contribution in [0.25, 0.3) is 0 Å². The molecule has 1 unspecified atom stereocenters. The van der Waals surface area contributed by atoms with E-state index in [2.05, 4.69) is 0 Å². The summed E-state index contributed by atoms with van der Waals surface area (Å²) in [4.78, 5) is 12.9. The van der Waals surface area contributed by atoms with E-state index in [-0.39, 0.29) is 38.3 Å². The van der Waals surface area contributed by atoms with Crippen molar-refractivity contribution in [2.45, 2.75) is 25.8 Å². The summed E-state index contributed by atoms with van der Waals surface area (Å²) in [5.41, 5.74) is 5.52. The Bertz CT molecular complexity index is 156. The molecule has 14 heavy (non-hydrogen) atoms. The summed E-state index contributed by atoms with van der Waals surface area (Å²) in [6.45, 7) is 2.24. The Morgan fingerprint density at radius 3 is 2.21 bits per heavy atom. The van der Waals surface area contributed by atoms with Gasteiger partial charge in [-0.1, -0.05) is 0 Å². The van der Waals surface area contributed by atoms with E-state index in [1.54, 1.807) is 0 Å². The van der Waals surface area contributed by atoms with E-state index in [0.29, 0.717) is 12.8 Å². The van der Waals surface area contributed by atoms with Gasteiger partial charge in [-0.2, -0.15) is 0 Å². The highest BCUT2D eigenvalue weighted by molar-refractivity contribution is 5.76. The van der Waals surface area contributed by atoms with Crippen molar-refractivity contribution in [3.8, 4) is 0 Å². The Morgan fingerprint density at radius 1 is 1.36 bits per heavy atom. The summed E-state index contributed by atoms with van der Waals surface area (Å²) in [6, 6.07) is 0.00375. The molecule has 0 saturated carbocycles. The van der Waals surface area contributed by atoms with E-state index in [0.717, 1.165) is 0 Å². The van der Waals surface area contributed by atoms with E-state index in [1.807, 2.05) is 6.92 Å². The minimum absolute atomic E-state index is 0.00375. The number of rotatable bonds is 7. The summed E-state index contributed by atoms with van der Waals surface area (Å²) in [5, 5.41) is 17.4. The first kappa shape index (κ1) is 13.4. The highest BCUT2D eigenvalue weighted by Crippen LogP contribution is 1.99. The van der Waals surface area contributed by atoms with Gasteiger partial charge in [0.25, 0.3) is 0 Å². The molecule has 0 aliphatic rings. The van der Waals surface area contributed by atoms with Gasteiger partial charge in [0.2, 0.25) is 5.91 Å². The van der Waals surface area contributed by atoms with Crippen LogP contribution in [-0.2, 0) is 4.79 Å². The van der Waals surface area contributed by atoms with Crippen molar-refractivity contribution in [3.05, 3.63) is 0 Å². The average molecular weight is 204 g/mol. The smallest absolute Gasteiger partial charge is 0.222 e. The van der Waals surface area contributed by atoms with Crippen LogP contribution >= 0.6 is 0 Å². The summed E-state index contributed by atoms with van der Waals surface area (Å²) in [5.74, 6) is -0.0644. The van der Waals surface area contributed by atoms with E-state index in [4.69, 9.17) is 15.9 Å². The molecule has 4 N–H and O–H groups in total.